The Balaban J connectivity index is 2.04. The molecule has 0 heterocycles. The van der Waals surface area contributed by atoms with E-state index in [-0.39, 0.29) is 11.7 Å². The molecule has 0 saturated heterocycles. The van der Waals surface area contributed by atoms with Gasteiger partial charge in [0.2, 0.25) is 0 Å². The molecular formula is C24H42O3S. The van der Waals surface area contributed by atoms with Crippen molar-refractivity contribution >= 4 is 10.1 Å². The number of unbranched alkanes of at least 4 members (excludes halogenated alkanes) is 13. The molecule has 0 aromatic heterocycles. The molecule has 1 aromatic rings. The van der Waals surface area contributed by atoms with Gasteiger partial charge in [0.25, 0.3) is 10.1 Å². The molecule has 162 valence electrons. The molecule has 1 N–H and O–H groups in total. The number of hydrogen-bond donors (Lipinski definition) is 1. The summed E-state index contributed by atoms with van der Waals surface area (Å²) < 4.78 is 31.9. The molecule has 0 aliphatic rings. The first kappa shape index (κ1) is 25.2. The Morgan fingerprint density at radius 1 is 0.714 bits per heavy atom. The highest BCUT2D eigenvalue weighted by molar-refractivity contribution is 7.85. The first-order chi connectivity index (χ1) is 13.5. The molecule has 3 nitrogen and oxygen atoms in total. The maximum atomic E-state index is 11.3. The van der Waals surface area contributed by atoms with E-state index in [0.29, 0.717) is 0 Å². The highest BCUT2D eigenvalue weighted by atomic mass is 32.2. The first-order valence-electron chi connectivity index (χ1n) is 11.5. The van der Waals surface area contributed by atoms with Crippen LogP contribution in [0.3, 0.4) is 0 Å². The van der Waals surface area contributed by atoms with Crippen LogP contribution < -0.4 is 0 Å². The van der Waals surface area contributed by atoms with Crippen LogP contribution in [-0.4, -0.2) is 18.7 Å². The summed E-state index contributed by atoms with van der Waals surface area (Å²) in [6.07, 6.45) is 19.3. The van der Waals surface area contributed by atoms with Gasteiger partial charge in [-0.05, 0) is 12.0 Å². The molecule has 4 heteroatoms. The Morgan fingerprint density at radius 3 is 1.57 bits per heavy atom. The molecule has 0 saturated carbocycles. The zero-order valence-electron chi connectivity index (χ0n) is 17.9. The van der Waals surface area contributed by atoms with E-state index in [0.717, 1.165) is 24.8 Å². The minimum atomic E-state index is -3.94. The summed E-state index contributed by atoms with van der Waals surface area (Å²) >= 11 is 0. The second kappa shape index (κ2) is 16.0. The minimum Gasteiger partial charge on any atom is -0.286 e. The van der Waals surface area contributed by atoms with Gasteiger partial charge in [0, 0.05) is 5.92 Å². The van der Waals surface area contributed by atoms with Gasteiger partial charge in [-0.2, -0.15) is 8.42 Å². The molecule has 0 aliphatic heterocycles. The molecule has 1 unspecified atom stereocenters. The molecule has 1 aromatic carbocycles. The maximum absolute atomic E-state index is 11.3. The average molecular weight is 411 g/mol. The summed E-state index contributed by atoms with van der Waals surface area (Å²) in [5, 5.41) is 0. The molecule has 0 bridgehead atoms. The quantitative estimate of drug-likeness (QED) is 0.201. The van der Waals surface area contributed by atoms with E-state index in [1.54, 1.807) is 0 Å². The van der Waals surface area contributed by atoms with Crippen LogP contribution in [-0.2, 0) is 10.1 Å². The summed E-state index contributed by atoms with van der Waals surface area (Å²) in [4.78, 5) is 0. The van der Waals surface area contributed by atoms with Crippen molar-refractivity contribution in [3.05, 3.63) is 35.9 Å². The molecule has 0 aliphatic carbocycles. The van der Waals surface area contributed by atoms with Crippen LogP contribution in [0.4, 0.5) is 0 Å². The predicted octanol–water partition coefficient (Wildman–Crippen LogP) is 7.53. The first-order valence-corrected chi connectivity index (χ1v) is 13.1. The van der Waals surface area contributed by atoms with Crippen molar-refractivity contribution in [3.63, 3.8) is 0 Å². The standard InChI is InChI=1S/C24H42O3S/c1-2-3-4-5-6-7-8-9-10-11-12-13-14-16-21-24(22-28(25,26)27)23-19-17-15-18-20-23/h15,17-20,24H,2-14,16,21-22H2,1H3,(H,25,26,27). The van der Waals surface area contributed by atoms with Gasteiger partial charge in [-0.15, -0.1) is 0 Å². The van der Waals surface area contributed by atoms with Crippen LogP contribution >= 0.6 is 0 Å². The maximum Gasteiger partial charge on any atom is 0.265 e. The Bertz CT molecular complexity index is 569. The monoisotopic (exact) mass is 410 g/mol. The third-order valence-electron chi connectivity index (χ3n) is 5.59. The van der Waals surface area contributed by atoms with Crippen molar-refractivity contribution in [1.82, 2.24) is 0 Å². The molecule has 28 heavy (non-hydrogen) atoms. The van der Waals surface area contributed by atoms with E-state index in [1.165, 1.54) is 77.0 Å². The Labute approximate surface area is 174 Å². The Kier molecular flexibility index (Phi) is 14.4. The number of hydrogen-bond acceptors (Lipinski definition) is 2. The Hall–Kier alpha value is -0.870. The third kappa shape index (κ3) is 14.2. The molecular weight excluding hydrogens is 368 g/mol. The van der Waals surface area contributed by atoms with Crippen LogP contribution in [0, 0.1) is 0 Å². The van der Waals surface area contributed by atoms with Crippen LogP contribution in [0.25, 0.3) is 0 Å². The fraction of sp³-hybridized carbons (Fsp3) is 0.750. The molecule has 0 fully saturated rings. The van der Waals surface area contributed by atoms with E-state index in [1.807, 2.05) is 30.3 Å². The fourth-order valence-corrected chi connectivity index (χ4v) is 4.78. The van der Waals surface area contributed by atoms with Crippen molar-refractivity contribution in [3.8, 4) is 0 Å². The predicted molar refractivity (Wildman–Crippen MR) is 121 cm³/mol. The number of rotatable bonds is 18. The van der Waals surface area contributed by atoms with Gasteiger partial charge >= 0.3 is 0 Å². The third-order valence-corrected chi connectivity index (χ3v) is 6.41. The van der Waals surface area contributed by atoms with E-state index in [2.05, 4.69) is 6.92 Å². The highest BCUT2D eigenvalue weighted by Crippen LogP contribution is 2.24. The molecule has 0 radical (unpaired) electrons. The van der Waals surface area contributed by atoms with Crippen molar-refractivity contribution in [2.45, 2.75) is 109 Å². The van der Waals surface area contributed by atoms with Gasteiger partial charge in [0.1, 0.15) is 0 Å². The summed E-state index contributed by atoms with van der Waals surface area (Å²) in [5.74, 6) is -0.274. The smallest absolute Gasteiger partial charge is 0.265 e. The summed E-state index contributed by atoms with van der Waals surface area (Å²) in [5.41, 5.74) is 1.01. The lowest BCUT2D eigenvalue weighted by Crippen LogP contribution is -2.14. The Morgan fingerprint density at radius 2 is 1.14 bits per heavy atom. The van der Waals surface area contributed by atoms with E-state index < -0.39 is 10.1 Å². The van der Waals surface area contributed by atoms with Crippen LogP contribution in [0.2, 0.25) is 0 Å². The van der Waals surface area contributed by atoms with Crippen molar-refractivity contribution in [1.29, 1.82) is 0 Å². The van der Waals surface area contributed by atoms with Gasteiger partial charge in [-0.3, -0.25) is 4.55 Å². The zero-order chi connectivity index (χ0) is 20.5. The SMILES string of the molecule is CCCCCCCCCCCCCCCCC(CS(=O)(=O)O)c1ccccc1. The van der Waals surface area contributed by atoms with Crippen molar-refractivity contribution in [2.75, 3.05) is 5.75 Å². The number of benzene rings is 1. The molecule has 1 rings (SSSR count). The molecule has 0 amide bonds. The molecule has 1 atom stereocenters. The summed E-state index contributed by atoms with van der Waals surface area (Å²) in [6, 6.07) is 9.70. The van der Waals surface area contributed by atoms with Gasteiger partial charge in [0.05, 0.1) is 5.75 Å². The fourth-order valence-electron chi connectivity index (χ4n) is 3.91. The van der Waals surface area contributed by atoms with E-state index >= 15 is 0 Å². The average Bonchev–Trinajstić information content (AvgIpc) is 2.67. The van der Waals surface area contributed by atoms with E-state index in [4.69, 9.17) is 0 Å². The van der Waals surface area contributed by atoms with Crippen LogP contribution in [0.5, 0.6) is 0 Å². The molecule has 0 spiro atoms. The lowest BCUT2D eigenvalue weighted by Gasteiger charge is -2.15. The van der Waals surface area contributed by atoms with E-state index in [9.17, 15) is 13.0 Å². The van der Waals surface area contributed by atoms with Gasteiger partial charge in [-0.25, -0.2) is 0 Å². The van der Waals surface area contributed by atoms with Gasteiger partial charge in [-0.1, -0.05) is 127 Å². The highest BCUT2D eigenvalue weighted by Gasteiger charge is 2.18. The zero-order valence-corrected chi connectivity index (χ0v) is 18.8. The largest absolute Gasteiger partial charge is 0.286 e. The van der Waals surface area contributed by atoms with Crippen LogP contribution in [0.1, 0.15) is 115 Å². The van der Waals surface area contributed by atoms with Gasteiger partial charge in [0.15, 0.2) is 0 Å². The summed E-state index contributed by atoms with van der Waals surface area (Å²) in [6.45, 7) is 2.27. The van der Waals surface area contributed by atoms with Crippen molar-refractivity contribution < 1.29 is 13.0 Å². The van der Waals surface area contributed by atoms with Gasteiger partial charge < -0.3 is 0 Å². The minimum absolute atomic E-state index is 0.103. The van der Waals surface area contributed by atoms with Crippen LogP contribution in [0.15, 0.2) is 30.3 Å². The normalized spacial score (nSPS) is 12.9. The lowest BCUT2D eigenvalue weighted by molar-refractivity contribution is 0.470. The lowest BCUT2D eigenvalue weighted by atomic mass is 9.94. The second-order valence-electron chi connectivity index (χ2n) is 8.24. The summed E-state index contributed by atoms with van der Waals surface area (Å²) in [7, 11) is -3.94. The topological polar surface area (TPSA) is 54.4 Å². The van der Waals surface area contributed by atoms with Crippen molar-refractivity contribution in [2.24, 2.45) is 0 Å². The second-order valence-corrected chi connectivity index (χ2v) is 9.74.